The standard InChI is InChI=1S/C14H18BNO5/c1-13(2)14(3,4)21-15(20-13)9-12(17)10-7-5-6-8-11(10)16(18)19/h5-8H,9H2,1-4H3. The lowest BCUT2D eigenvalue weighted by atomic mass is 9.80. The van der Waals surface area contributed by atoms with Crippen molar-refractivity contribution < 1.29 is 19.0 Å². The predicted molar refractivity (Wildman–Crippen MR) is 78.3 cm³/mol. The van der Waals surface area contributed by atoms with E-state index in [9.17, 15) is 14.9 Å². The van der Waals surface area contributed by atoms with Crippen molar-refractivity contribution in [3.63, 3.8) is 0 Å². The summed E-state index contributed by atoms with van der Waals surface area (Å²) in [6.07, 6.45) is -0.0439. The van der Waals surface area contributed by atoms with Crippen molar-refractivity contribution in [1.29, 1.82) is 0 Å². The molecule has 0 saturated carbocycles. The molecule has 1 fully saturated rings. The molecule has 0 aliphatic carbocycles. The number of benzene rings is 1. The quantitative estimate of drug-likeness (QED) is 0.369. The van der Waals surface area contributed by atoms with Crippen LogP contribution in [-0.4, -0.2) is 29.0 Å². The van der Waals surface area contributed by atoms with Crippen LogP contribution in [0.3, 0.4) is 0 Å². The van der Waals surface area contributed by atoms with Crippen molar-refractivity contribution in [2.75, 3.05) is 0 Å². The van der Waals surface area contributed by atoms with Crippen LogP contribution in [0.15, 0.2) is 24.3 Å². The van der Waals surface area contributed by atoms with E-state index in [0.717, 1.165) is 0 Å². The minimum Gasteiger partial charge on any atom is -0.403 e. The summed E-state index contributed by atoms with van der Waals surface area (Å²) in [5.41, 5.74) is -1.17. The van der Waals surface area contributed by atoms with Gasteiger partial charge in [-0.1, -0.05) is 12.1 Å². The molecule has 0 amide bonds. The first-order valence-electron chi connectivity index (χ1n) is 6.76. The average Bonchev–Trinajstić information content (AvgIpc) is 2.57. The van der Waals surface area contributed by atoms with Crippen LogP contribution in [0.2, 0.25) is 6.32 Å². The van der Waals surface area contributed by atoms with Gasteiger partial charge in [-0.15, -0.1) is 0 Å². The molecule has 0 bridgehead atoms. The zero-order chi connectivity index (χ0) is 15.8. The summed E-state index contributed by atoms with van der Waals surface area (Å²) in [7, 11) is -0.692. The number of Topliss-reactive ketones (excluding diaryl/α,β-unsaturated/α-hetero) is 1. The Hall–Kier alpha value is -1.73. The van der Waals surface area contributed by atoms with E-state index in [1.807, 2.05) is 27.7 Å². The third kappa shape index (κ3) is 2.98. The van der Waals surface area contributed by atoms with Crippen molar-refractivity contribution in [2.24, 2.45) is 0 Å². The van der Waals surface area contributed by atoms with Gasteiger partial charge in [0.15, 0.2) is 5.78 Å². The Kier molecular flexibility index (Phi) is 3.90. The molecule has 1 heterocycles. The molecule has 0 radical (unpaired) electrons. The highest BCUT2D eigenvalue weighted by Gasteiger charge is 2.51. The Balaban J connectivity index is 2.16. The van der Waals surface area contributed by atoms with Gasteiger partial charge < -0.3 is 9.31 Å². The van der Waals surface area contributed by atoms with Gasteiger partial charge in [-0.3, -0.25) is 14.9 Å². The topological polar surface area (TPSA) is 78.7 Å². The number of ketones is 1. The average molecular weight is 291 g/mol. The Morgan fingerprint density at radius 3 is 2.24 bits per heavy atom. The Bertz CT molecular complexity index is 568. The zero-order valence-corrected chi connectivity index (χ0v) is 12.6. The highest BCUT2D eigenvalue weighted by Crippen LogP contribution is 2.38. The lowest BCUT2D eigenvalue weighted by molar-refractivity contribution is -0.385. The highest BCUT2D eigenvalue weighted by molar-refractivity contribution is 6.51. The van der Waals surface area contributed by atoms with E-state index >= 15 is 0 Å². The smallest absolute Gasteiger partial charge is 0.403 e. The molecular formula is C14H18BNO5. The number of carbonyl (C=O) groups excluding carboxylic acids is 1. The van der Waals surface area contributed by atoms with Crippen LogP contribution in [0.5, 0.6) is 0 Å². The first-order valence-corrected chi connectivity index (χ1v) is 6.76. The first kappa shape index (κ1) is 15.7. The fraction of sp³-hybridized carbons (Fsp3) is 0.500. The van der Waals surface area contributed by atoms with E-state index in [2.05, 4.69) is 0 Å². The van der Waals surface area contributed by atoms with Crippen LogP contribution >= 0.6 is 0 Å². The van der Waals surface area contributed by atoms with Crippen molar-refractivity contribution in [2.45, 2.75) is 45.2 Å². The molecule has 0 spiro atoms. The fourth-order valence-electron chi connectivity index (χ4n) is 2.18. The van der Waals surface area contributed by atoms with Crippen LogP contribution in [-0.2, 0) is 9.31 Å². The summed E-state index contributed by atoms with van der Waals surface area (Å²) >= 11 is 0. The summed E-state index contributed by atoms with van der Waals surface area (Å²) in [6.45, 7) is 7.57. The number of hydrogen-bond acceptors (Lipinski definition) is 5. The summed E-state index contributed by atoms with van der Waals surface area (Å²) in [5, 5.41) is 11.0. The second-order valence-electron chi connectivity index (χ2n) is 6.09. The molecule has 112 valence electrons. The molecule has 0 aromatic heterocycles. The van der Waals surface area contributed by atoms with Gasteiger partial charge >= 0.3 is 7.12 Å². The second-order valence-corrected chi connectivity index (χ2v) is 6.09. The van der Waals surface area contributed by atoms with Gasteiger partial charge in [0.2, 0.25) is 0 Å². The number of carbonyl (C=O) groups is 1. The molecule has 1 aromatic carbocycles. The maximum atomic E-state index is 12.3. The monoisotopic (exact) mass is 291 g/mol. The molecule has 7 heteroatoms. The molecule has 1 aliphatic heterocycles. The number of rotatable bonds is 4. The van der Waals surface area contributed by atoms with E-state index in [4.69, 9.17) is 9.31 Å². The predicted octanol–water partition coefficient (Wildman–Crippen LogP) is 2.87. The van der Waals surface area contributed by atoms with E-state index in [0.29, 0.717) is 0 Å². The van der Waals surface area contributed by atoms with Gasteiger partial charge in [0, 0.05) is 12.4 Å². The van der Waals surface area contributed by atoms with Gasteiger partial charge in [-0.25, -0.2) is 0 Å². The second kappa shape index (κ2) is 5.24. The Morgan fingerprint density at radius 1 is 1.19 bits per heavy atom. The third-order valence-corrected chi connectivity index (χ3v) is 4.06. The SMILES string of the molecule is CC1(C)OB(CC(=O)c2ccccc2[N+](=O)[O-])OC1(C)C. The maximum Gasteiger partial charge on any atom is 0.465 e. The molecular weight excluding hydrogens is 273 g/mol. The van der Waals surface area contributed by atoms with Gasteiger partial charge in [-0.2, -0.15) is 0 Å². The maximum absolute atomic E-state index is 12.3. The molecule has 0 unspecified atom stereocenters. The Labute approximate surface area is 123 Å². The van der Waals surface area contributed by atoms with Crippen molar-refractivity contribution in [1.82, 2.24) is 0 Å². The number of hydrogen-bond donors (Lipinski definition) is 0. The van der Waals surface area contributed by atoms with Crippen LogP contribution in [0, 0.1) is 10.1 Å². The van der Waals surface area contributed by atoms with E-state index in [1.165, 1.54) is 18.2 Å². The van der Waals surface area contributed by atoms with Gasteiger partial charge in [-0.05, 0) is 33.8 Å². The zero-order valence-electron chi connectivity index (χ0n) is 12.6. The summed E-state index contributed by atoms with van der Waals surface area (Å²) in [6, 6.07) is 5.90. The minimum atomic E-state index is -0.692. The fourth-order valence-corrected chi connectivity index (χ4v) is 2.18. The highest BCUT2D eigenvalue weighted by atomic mass is 16.7. The van der Waals surface area contributed by atoms with Crippen molar-refractivity contribution in [3.05, 3.63) is 39.9 Å². The molecule has 6 nitrogen and oxygen atoms in total. The molecule has 0 atom stereocenters. The molecule has 21 heavy (non-hydrogen) atoms. The number of para-hydroxylation sites is 1. The number of nitrogens with zero attached hydrogens (tertiary/aromatic N) is 1. The molecule has 2 rings (SSSR count). The summed E-state index contributed by atoms with van der Waals surface area (Å²) in [4.78, 5) is 22.7. The number of nitro groups is 1. The molecule has 1 aliphatic rings. The Morgan fingerprint density at radius 2 is 1.71 bits per heavy atom. The summed E-state index contributed by atoms with van der Waals surface area (Å²) < 4.78 is 11.5. The van der Waals surface area contributed by atoms with E-state index < -0.39 is 23.2 Å². The van der Waals surface area contributed by atoms with Crippen LogP contribution in [0.25, 0.3) is 0 Å². The van der Waals surface area contributed by atoms with Crippen molar-refractivity contribution >= 4 is 18.6 Å². The van der Waals surface area contributed by atoms with Crippen LogP contribution in [0.1, 0.15) is 38.1 Å². The number of nitro benzene ring substituents is 1. The van der Waals surface area contributed by atoms with Crippen LogP contribution in [0.4, 0.5) is 5.69 Å². The minimum absolute atomic E-state index is 0.0439. The molecule has 0 N–H and O–H groups in total. The van der Waals surface area contributed by atoms with E-state index in [-0.39, 0.29) is 23.4 Å². The van der Waals surface area contributed by atoms with E-state index in [1.54, 1.807) is 6.07 Å². The van der Waals surface area contributed by atoms with Gasteiger partial charge in [0.05, 0.1) is 21.7 Å². The lowest BCUT2D eigenvalue weighted by Crippen LogP contribution is -2.41. The molecule has 1 saturated heterocycles. The largest absolute Gasteiger partial charge is 0.465 e. The van der Waals surface area contributed by atoms with Crippen LogP contribution < -0.4 is 0 Å². The molecule has 1 aromatic rings. The van der Waals surface area contributed by atoms with Gasteiger partial charge in [0.25, 0.3) is 5.69 Å². The third-order valence-electron chi connectivity index (χ3n) is 4.06. The lowest BCUT2D eigenvalue weighted by Gasteiger charge is -2.32. The van der Waals surface area contributed by atoms with Crippen molar-refractivity contribution in [3.8, 4) is 0 Å². The first-order chi connectivity index (χ1) is 9.64. The van der Waals surface area contributed by atoms with Gasteiger partial charge in [0.1, 0.15) is 0 Å². The summed E-state index contributed by atoms with van der Waals surface area (Å²) in [5.74, 6) is -0.360. The normalized spacial score (nSPS) is 19.5.